The van der Waals surface area contributed by atoms with Gasteiger partial charge in [-0.15, -0.1) is 0 Å². The summed E-state index contributed by atoms with van der Waals surface area (Å²) in [4.78, 5) is 11.6. The van der Waals surface area contributed by atoms with E-state index in [0.717, 1.165) is 0 Å². The maximum atomic E-state index is 13.3. The normalized spacial score (nSPS) is 11.2. The van der Waals surface area contributed by atoms with Crippen molar-refractivity contribution in [3.05, 3.63) is 35.6 Å². The van der Waals surface area contributed by atoms with Gasteiger partial charge in [0, 0.05) is 6.54 Å². The monoisotopic (exact) mass is 224 g/mol. The van der Waals surface area contributed by atoms with E-state index in [0.29, 0.717) is 13.1 Å². The number of hydrogen-bond donors (Lipinski definition) is 2. The molecule has 0 unspecified atom stereocenters. The number of carbonyl (C=O) groups is 1. The van der Waals surface area contributed by atoms with Crippen LogP contribution in [0.5, 0.6) is 0 Å². The highest BCUT2D eigenvalue weighted by atomic mass is 19.1. The lowest BCUT2D eigenvalue weighted by Gasteiger charge is -2.22. The van der Waals surface area contributed by atoms with Gasteiger partial charge in [0.1, 0.15) is 5.82 Å². The number of nitrogens with one attached hydrogen (secondary N) is 1. The zero-order chi connectivity index (χ0) is 12.2. The van der Waals surface area contributed by atoms with Crippen molar-refractivity contribution in [2.45, 2.75) is 13.8 Å². The molecule has 3 N–H and O–H groups in total. The zero-order valence-electron chi connectivity index (χ0n) is 9.59. The summed E-state index contributed by atoms with van der Waals surface area (Å²) in [7, 11) is 0. The second-order valence-electron chi connectivity index (χ2n) is 4.53. The van der Waals surface area contributed by atoms with Crippen molar-refractivity contribution in [2.24, 2.45) is 11.1 Å². The highest BCUT2D eigenvalue weighted by molar-refractivity contribution is 5.94. The van der Waals surface area contributed by atoms with Gasteiger partial charge in [0.05, 0.1) is 5.56 Å². The molecule has 1 amide bonds. The van der Waals surface area contributed by atoms with Crippen molar-refractivity contribution < 1.29 is 9.18 Å². The molecule has 4 heteroatoms. The molecule has 0 saturated heterocycles. The summed E-state index contributed by atoms with van der Waals surface area (Å²) in [6.45, 7) is 4.77. The van der Waals surface area contributed by atoms with Crippen molar-refractivity contribution in [1.82, 2.24) is 5.32 Å². The van der Waals surface area contributed by atoms with Gasteiger partial charge in [-0.2, -0.15) is 0 Å². The van der Waals surface area contributed by atoms with Gasteiger partial charge in [0.25, 0.3) is 5.91 Å². The maximum Gasteiger partial charge on any atom is 0.254 e. The lowest BCUT2D eigenvalue weighted by atomic mass is 9.94. The average Bonchev–Trinajstić information content (AvgIpc) is 2.27. The molecule has 1 aromatic carbocycles. The minimum atomic E-state index is -0.509. The van der Waals surface area contributed by atoms with Crippen molar-refractivity contribution in [2.75, 3.05) is 13.1 Å². The van der Waals surface area contributed by atoms with Crippen LogP contribution < -0.4 is 11.1 Å². The number of hydrogen-bond acceptors (Lipinski definition) is 2. The van der Waals surface area contributed by atoms with E-state index in [1.54, 1.807) is 12.1 Å². The molecule has 0 aromatic heterocycles. The van der Waals surface area contributed by atoms with Crippen LogP contribution in [0, 0.1) is 11.2 Å². The first-order valence-corrected chi connectivity index (χ1v) is 5.19. The Labute approximate surface area is 94.8 Å². The molecule has 16 heavy (non-hydrogen) atoms. The van der Waals surface area contributed by atoms with Crippen LogP contribution in [-0.4, -0.2) is 19.0 Å². The van der Waals surface area contributed by atoms with E-state index >= 15 is 0 Å². The zero-order valence-corrected chi connectivity index (χ0v) is 9.59. The van der Waals surface area contributed by atoms with Gasteiger partial charge in [-0.1, -0.05) is 26.0 Å². The molecule has 3 nitrogen and oxygen atoms in total. The predicted octanol–water partition coefficient (Wildman–Crippen LogP) is 1.54. The van der Waals surface area contributed by atoms with Crippen LogP contribution in [0.3, 0.4) is 0 Å². The van der Waals surface area contributed by atoms with Crippen LogP contribution in [-0.2, 0) is 0 Å². The van der Waals surface area contributed by atoms with E-state index in [4.69, 9.17) is 5.73 Å². The standard InChI is InChI=1S/C12H17FN2O/c1-12(2,7-14)8-15-11(16)9-5-3-4-6-10(9)13/h3-6H,7-8,14H2,1-2H3,(H,15,16). The lowest BCUT2D eigenvalue weighted by Crippen LogP contribution is -2.38. The largest absolute Gasteiger partial charge is 0.351 e. The second-order valence-corrected chi connectivity index (χ2v) is 4.53. The van der Waals surface area contributed by atoms with E-state index in [1.807, 2.05) is 13.8 Å². The summed E-state index contributed by atoms with van der Waals surface area (Å²) in [5.74, 6) is -0.912. The first-order chi connectivity index (χ1) is 7.46. The Morgan fingerprint density at radius 2 is 2.06 bits per heavy atom. The minimum Gasteiger partial charge on any atom is -0.351 e. The Kier molecular flexibility index (Phi) is 4.01. The molecule has 0 aliphatic carbocycles. The van der Waals surface area contributed by atoms with E-state index in [1.165, 1.54) is 12.1 Å². The second kappa shape index (κ2) is 5.07. The topological polar surface area (TPSA) is 55.1 Å². The van der Waals surface area contributed by atoms with Crippen LogP contribution >= 0.6 is 0 Å². The summed E-state index contributed by atoms with van der Waals surface area (Å²) >= 11 is 0. The quantitative estimate of drug-likeness (QED) is 0.815. The van der Waals surface area contributed by atoms with Crippen LogP contribution in [0.25, 0.3) is 0 Å². The van der Waals surface area contributed by atoms with Gasteiger partial charge in [0.2, 0.25) is 0 Å². The van der Waals surface area contributed by atoms with Crippen LogP contribution in [0.2, 0.25) is 0 Å². The molecule has 1 aromatic rings. The average molecular weight is 224 g/mol. The Morgan fingerprint density at radius 3 is 2.62 bits per heavy atom. The van der Waals surface area contributed by atoms with Crippen molar-refractivity contribution in [1.29, 1.82) is 0 Å². The van der Waals surface area contributed by atoms with Gasteiger partial charge in [-0.05, 0) is 24.1 Å². The minimum absolute atomic E-state index is 0.0651. The van der Waals surface area contributed by atoms with Crippen LogP contribution in [0.15, 0.2) is 24.3 Å². The molecule has 0 aliphatic rings. The Morgan fingerprint density at radius 1 is 1.44 bits per heavy atom. The highest BCUT2D eigenvalue weighted by Gasteiger charge is 2.18. The van der Waals surface area contributed by atoms with Crippen molar-refractivity contribution in [3.63, 3.8) is 0 Å². The van der Waals surface area contributed by atoms with E-state index in [-0.39, 0.29) is 11.0 Å². The SMILES string of the molecule is CC(C)(CN)CNC(=O)c1ccccc1F. The Balaban J connectivity index is 2.64. The van der Waals surface area contributed by atoms with E-state index < -0.39 is 11.7 Å². The number of nitrogens with two attached hydrogens (primary N) is 1. The Bertz CT molecular complexity index is 377. The molecular formula is C12H17FN2O. The Hall–Kier alpha value is -1.42. The lowest BCUT2D eigenvalue weighted by molar-refractivity contribution is 0.0934. The van der Waals surface area contributed by atoms with Gasteiger partial charge in [0.15, 0.2) is 0 Å². The predicted molar refractivity (Wildman–Crippen MR) is 61.6 cm³/mol. The summed E-state index contributed by atoms with van der Waals surface area (Å²) in [6, 6.07) is 5.91. The van der Waals surface area contributed by atoms with Gasteiger partial charge < -0.3 is 11.1 Å². The number of rotatable bonds is 4. The summed E-state index contributed by atoms with van der Waals surface area (Å²) in [5, 5.41) is 2.67. The van der Waals surface area contributed by atoms with Crippen molar-refractivity contribution in [3.8, 4) is 0 Å². The molecule has 0 bridgehead atoms. The third kappa shape index (κ3) is 3.31. The fourth-order valence-corrected chi connectivity index (χ4v) is 1.13. The molecule has 0 fully saturated rings. The molecule has 0 heterocycles. The van der Waals surface area contributed by atoms with Crippen LogP contribution in [0.4, 0.5) is 4.39 Å². The molecule has 0 radical (unpaired) electrons. The van der Waals surface area contributed by atoms with Gasteiger partial charge >= 0.3 is 0 Å². The number of amides is 1. The van der Waals surface area contributed by atoms with Gasteiger partial charge in [-0.3, -0.25) is 4.79 Å². The maximum absolute atomic E-state index is 13.3. The smallest absolute Gasteiger partial charge is 0.254 e. The fourth-order valence-electron chi connectivity index (χ4n) is 1.13. The van der Waals surface area contributed by atoms with Gasteiger partial charge in [-0.25, -0.2) is 4.39 Å². The number of halogens is 1. The third-order valence-corrected chi connectivity index (χ3v) is 2.40. The third-order valence-electron chi connectivity index (χ3n) is 2.40. The van der Waals surface area contributed by atoms with E-state index in [9.17, 15) is 9.18 Å². The molecule has 0 atom stereocenters. The molecular weight excluding hydrogens is 207 g/mol. The molecule has 1 rings (SSSR count). The molecule has 0 saturated carbocycles. The first-order valence-electron chi connectivity index (χ1n) is 5.19. The van der Waals surface area contributed by atoms with Crippen molar-refractivity contribution >= 4 is 5.91 Å². The number of benzene rings is 1. The fraction of sp³-hybridized carbons (Fsp3) is 0.417. The first kappa shape index (κ1) is 12.6. The van der Waals surface area contributed by atoms with Crippen LogP contribution in [0.1, 0.15) is 24.2 Å². The summed E-state index contributed by atoms with van der Waals surface area (Å²) in [5.41, 5.74) is 5.42. The van der Waals surface area contributed by atoms with E-state index in [2.05, 4.69) is 5.32 Å². The summed E-state index contributed by atoms with van der Waals surface area (Å²) in [6.07, 6.45) is 0. The highest BCUT2D eigenvalue weighted by Crippen LogP contribution is 2.11. The molecule has 88 valence electrons. The molecule has 0 aliphatic heterocycles. The molecule has 0 spiro atoms. The number of carbonyl (C=O) groups excluding carboxylic acids is 1. The summed E-state index contributed by atoms with van der Waals surface area (Å²) < 4.78 is 13.3.